The molecule has 2 nitrogen and oxygen atoms in total. The molecule has 0 fully saturated rings. The van der Waals surface area contributed by atoms with Crippen molar-refractivity contribution < 1.29 is 13.6 Å². The molecular weight excluding hydrogens is 236 g/mol. The van der Waals surface area contributed by atoms with Crippen LogP contribution in [0.4, 0.5) is 8.78 Å². The summed E-state index contributed by atoms with van der Waals surface area (Å²) in [5, 5.41) is 0. The lowest BCUT2D eigenvalue weighted by molar-refractivity contribution is -0.128. The lowest BCUT2D eigenvalue weighted by Crippen LogP contribution is -2.48. The molecule has 1 rings (SSSR count). The second kappa shape index (κ2) is 5.57. The van der Waals surface area contributed by atoms with E-state index in [0.717, 1.165) is 18.2 Å². The molecule has 0 N–H and O–H groups in total. The van der Waals surface area contributed by atoms with Crippen molar-refractivity contribution in [2.24, 2.45) is 0 Å². The van der Waals surface area contributed by atoms with Crippen LogP contribution >= 0.6 is 0 Å². The van der Waals surface area contributed by atoms with Crippen LogP contribution < -0.4 is 0 Å². The zero-order valence-corrected chi connectivity index (χ0v) is 11.3. The molecular formula is C14H19F2NO. The van der Waals surface area contributed by atoms with Crippen LogP contribution in [0.25, 0.3) is 0 Å². The standard InChI is InChI=1S/C14H19F2NO/c1-5-14(2,17(3)4)13(18)9-10-8-11(15)6-7-12(10)16/h6-8H,5,9H2,1-4H3. The van der Waals surface area contributed by atoms with Crippen molar-refractivity contribution in [1.29, 1.82) is 0 Å². The van der Waals surface area contributed by atoms with Gasteiger partial charge in [0.15, 0.2) is 5.78 Å². The molecule has 0 heterocycles. The van der Waals surface area contributed by atoms with Crippen LogP contribution in [0, 0.1) is 11.6 Å². The summed E-state index contributed by atoms with van der Waals surface area (Å²) in [4.78, 5) is 14.1. The first-order valence-corrected chi connectivity index (χ1v) is 5.96. The molecule has 0 aliphatic rings. The van der Waals surface area contributed by atoms with E-state index in [1.807, 2.05) is 32.8 Å². The predicted molar refractivity (Wildman–Crippen MR) is 67.5 cm³/mol. The van der Waals surface area contributed by atoms with Crippen molar-refractivity contribution in [1.82, 2.24) is 4.90 Å². The van der Waals surface area contributed by atoms with Crippen LogP contribution in [0.3, 0.4) is 0 Å². The quantitative estimate of drug-likeness (QED) is 0.806. The molecule has 0 spiro atoms. The van der Waals surface area contributed by atoms with Gasteiger partial charge in [0.1, 0.15) is 11.6 Å². The Morgan fingerprint density at radius 3 is 2.44 bits per heavy atom. The van der Waals surface area contributed by atoms with Gasteiger partial charge in [-0.1, -0.05) is 6.92 Å². The minimum Gasteiger partial charge on any atom is -0.297 e. The number of benzene rings is 1. The van der Waals surface area contributed by atoms with Gasteiger partial charge in [-0.3, -0.25) is 9.69 Å². The molecule has 0 radical (unpaired) electrons. The van der Waals surface area contributed by atoms with Crippen molar-refractivity contribution in [2.75, 3.05) is 14.1 Å². The van der Waals surface area contributed by atoms with Crippen molar-refractivity contribution >= 4 is 5.78 Å². The normalized spacial score (nSPS) is 14.6. The molecule has 4 heteroatoms. The minimum atomic E-state index is -0.654. The van der Waals surface area contributed by atoms with E-state index in [4.69, 9.17) is 0 Å². The summed E-state index contributed by atoms with van der Waals surface area (Å²) in [6, 6.07) is 3.18. The average molecular weight is 255 g/mol. The SMILES string of the molecule is CCC(C)(C(=O)Cc1cc(F)ccc1F)N(C)C. The van der Waals surface area contributed by atoms with Gasteiger partial charge in [0.05, 0.1) is 5.54 Å². The second-order valence-corrected chi connectivity index (χ2v) is 4.86. The Hall–Kier alpha value is -1.29. The Bertz CT molecular complexity index is 445. The Morgan fingerprint density at radius 2 is 1.94 bits per heavy atom. The number of Topliss-reactive ketones (excluding diaryl/α,β-unsaturated/α-hetero) is 1. The van der Waals surface area contributed by atoms with E-state index in [-0.39, 0.29) is 17.8 Å². The zero-order chi connectivity index (χ0) is 13.9. The average Bonchev–Trinajstić information content (AvgIpc) is 2.32. The van der Waals surface area contributed by atoms with E-state index in [9.17, 15) is 13.6 Å². The summed E-state index contributed by atoms with van der Waals surface area (Å²) >= 11 is 0. The van der Waals surface area contributed by atoms with Crippen LogP contribution in [0.5, 0.6) is 0 Å². The number of nitrogens with zero attached hydrogens (tertiary/aromatic N) is 1. The second-order valence-electron chi connectivity index (χ2n) is 4.86. The van der Waals surface area contributed by atoms with E-state index in [1.165, 1.54) is 0 Å². The number of likely N-dealkylation sites (N-methyl/N-ethyl adjacent to an activating group) is 1. The first kappa shape index (κ1) is 14.8. The first-order valence-electron chi connectivity index (χ1n) is 5.96. The van der Waals surface area contributed by atoms with E-state index >= 15 is 0 Å². The molecule has 0 aliphatic carbocycles. The largest absolute Gasteiger partial charge is 0.297 e. The molecule has 18 heavy (non-hydrogen) atoms. The molecule has 100 valence electrons. The smallest absolute Gasteiger partial charge is 0.157 e. The monoisotopic (exact) mass is 255 g/mol. The predicted octanol–water partition coefficient (Wildman–Crippen LogP) is 2.81. The summed E-state index contributed by atoms with van der Waals surface area (Å²) in [6.45, 7) is 3.71. The number of hydrogen-bond acceptors (Lipinski definition) is 2. The number of halogens is 2. The molecule has 1 aromatic rings. The fourth-order valence-electron chi connectivity index (χ4n) is 1.80. The lowest BCUT2D eigenvalue weighted by Gasteiger charge is -2.34. The van der Waals surface area contributed by atoms with Crippen LogP contribution in [0.2, 0.25) is 0 Å². The summed E-state index contributed by atoms with van der Waals surface area (Å²) < 4.78 is 26.5. The zero-order valence-electron chi connectivity index (χ0n) is 11.3. The highest BCUT2D eigenvalue weighted by atomic mass is 19.1. The van der Waals surface area contributed by atoms with Crippen molar-refractivity contribution in [2.45, 2.75) is 32.2 Å². The van der Waals surface area contributed by atoms with Crippen LogP contribution in [0.15, 0.2) is 18.2 Å². The minimum absolute atomic E-state index is 0.0912. The third kappa shape index (κ3) is 2.93. The summed E-state index contributed by atoms with van der Waals surface area (Å²) in [5.74, 6) is -1.18. The molecule has 1 atom stereocenters. The lowest BCUT2D eigenvalue weighted by atomic mass is 9.88. The summed E-state index contributed by atoms with van der Waals surface area (Å²) in [5.41, 5.74) is -0.541. The van der Waals surface area contributed by atoms with Gasteiger partial charge in [0.2, 0.25) is 0 Å². The van der Waals surface area contributed by atoms with Gasteiger partial charge in [0.25, 0.3) is 0 Å². The molecule has 0 amide bonds. The molecule has 0 aromatic heterocycles. The number of rotatable bonds is 5. The maximum Gasteiger partial charge on any atom is 0.157 e. The topological polar surface area (TPSA) is 20.3 Å². The molecule has 1 aromatic carbocycles. The van der Waals surface area contributed by atoms with Crippen molar-refractivity contribution in [3.63, 3.8) is 0 Å². The van der Waals surface area contributed by atoms with Gasteiger partial charge in [0, 0.05) is 6.42 Å². The fourth-order valence-corrected chi connectivity index (χ4v) is 1.80. The van der Waals surface area contributed by atoms with Crippen molar-refractivity contribution in [3.05, 3.63) is 35.4 Å². The summed E-state index contributed by atoms with van der Waals surface area (Å²) in [7, 11) is 3.62. The Labute approximate surface area is 107 Å². The maximum absolute atomic E-state index is 13.5. The van der Waals surface area contributed by atoms with Gasteiger partial charge >= 0.3 is 0 Å². The number of carbonyl (C=O) groups excluding carboxylic acids is 1. The van der Waals surface area contributed by atoms with Crippen LogP contribution in [-0.2, 0) is 11.2 Å². The Morgan fingerprint density at radius 1 is 1.33 bits per heavy atom. The highest BCUT2D eigenvalue weighted by Gasteiger charge is 2.33. The van der Waals surface area contributed by atoms with Crippen LogP contribution in [0.1, 0.15) is 25.8 Å². The number of ketones is 1. The fraction of sp³-hybridized carbons (Fsp3) is 0.500. The summed E-state index contributed by atoms with van der Waals surface area (Å²) in [6.07, 6.45) is 0.530. The van der Waals surface area contributed by atoms with E-state index in [1.54, 1.807) is 0 Å². The Balaban J connectivity index is 2.97. The number of hydrogen-bond donors (Lipinski definition) is 0. The van der Waals surface area contributed by atoms with Crippen molar-refractivity contribution in [3.8, 4) is 0 Å². The van der Waals surface area contributed by atoms with E-state index < -0.39 is 17.2 Å². The van der Waals surface area contributed by atoms with Gasteiger partial charge in [-0.15, -0.1) is 0 Å². The van der Waals surface area contributed by atoms with Gasteiger partial charge < -0.3 is 0 Å². The van der Waals surface area contributed by atoms with E-state index in [2.05, 4.69) is 0 Å². The first-order chi connectivity index (χ1) is 8.31. The highest BCUT2D eigenvalue weighted by Crippen LogP contribution is 2.21. The third-order valence-electron chi connectivity index (χ3n) is 3.63. The molecule has 0 bridgehead atoms. The molecule has 1 unspecified atom stereocenters. The highest BCUT2D eigenvalue weighted by molar-refractivity contribution is 5.89. The van der Waals surface area contributed by atoms with Gasteiger partial charge in [-0.2, -0.15) is 0 Å². The number of carbonyl (C=O) groups is 1. The molecule has 0 aliphatic heterocycles. The third-order valence-corrected chi connectivity index (χ3v) is 3.63. The van der Waals surface area contributed by atoms with Gasteiger partial charge in [-0.05, 0) is 51.2 Å². The molecule has 0 saturated carbocycles. The van der Waals surface area contributed by atoms with Gasteiger partial charge in [-0.25, -0.2) is 8.78 Å². The Kier molecular flexibility index (Phi) is 4.57. The van der Waals surface area contributed by atoms with E-state index in [0.29, 0.717) is 6.42 Å². The maximum atomic E-state index is 13.5. The molecule has 0 saturated heterocycles. The van der Waals surface area contributed by atoms with Crippen LogP contribution in [-0.4, -0.2) is 30.3 Å².